The van der Waals surface area contributed by atoms with E-state index in [1.807, 2.05) is 0 Å². The Morgan fingerprint density at radius 3 is 2.53 bits per heavy atom. The number of carbonyl (C=O) groups is 1. The predicted molar refractivity (Wildman–Crippen MR) is 138 cm³/mol. The SMILES string of the molecule is O=C(Nc1ccc2cnn([C@H]3CC3(F)F)c2n1)c1ccc(NS(=O)(=O)CCO)cc1N1CCC2(CC1)CC2. The maximum absolute atomic E-state index is 13.7. The molecule has 3 aromatic rings. The van der Waals surface area contributed by atoms with Gasteiger partial charge in [0.25, 0.3) is 11.8 Å². The number of pyridine rings is 1. The average Bonchev–Trinajstić information content (AvgIpc) is 3.71. The third-order valence-corrected chi connectivity index (χ3v) is 9.04. The van der Waals surface area contributed by atoms with E-state index in [4.69, 9.17) is 5.11 Å². The van der Waals surface area contributed by atoms with Crippen LogP contribution in [0.2, 0.25) is 0 Å². The molecule has 0 radical (unpaired) electrons. The summed E-state index contributed by atoms with van der Waals surface area (Å²) < 4.78 is 55.4. The van der Waals surface area contributed by atoms with Crippen LogP contribution in [0.25, 0.3) is 11.0 Å². The summed E-state index contributed by atoms with van der Waals surface area (Å²) in [6.07, 6.45) is 5.61. The lowest BCUT2D eigenvalue weighted by molar-refractivity contribution is 0.0988. The fraction of sp³-hybridized carbons (Fsp3) is 0.480. The van der Waals surface area contributed by atoms with Crippen molar-refractivity contribution in [2.45, 2.75) is 44.1 Å². The standard InChI is InChI=1S/C25H28F2N6O4S/c26-25(27)14-20(25)33-22-16(15-28-33)1-4-21(29-22)30-23(35)18-3-2-17(31-38(36,37)12-11-34)13-19(18)32-9-7-24(5-6-24)8-10-32/h1-4,13,15,20,31,34H,5-12,14H2,(H,29,30,35)/t20-/m0/s1. The lowest BCUT2D eigenvalue weighted by Crippen LogP contribution is -2.35. The van der Waals surface area contributed by atoms with E-state index in [2.05, 4.69) is 25.0 Å². The Morgan fingerprint density at radius 1 is 1.13 bits per heavy atom. The summed E-state index contributed by atoms with van der Waals surface area (Å²) in [6.45, 7) is 0.976. The number of aliphatic hydroxyl groups is 1. The van der Waals surface area contributed by atoms with Crippen LogP contribution in [0.1, 0.15) is 48.5 Å². The molecule has 2 aromatic heterocycles. The molecule has 6 rings (SSSR count). The Hall–Kier alpha value is -3.32. The normalized spacial score (nSPS) is 21.4. The zero-order valence-corrected chi connectivity index (χ0v) is 21.3. The summed E-state index contributed by atoms with van der Waals surface area (Å²) in [4.78, 5) is 19.9. The van der Waals surface area contributed by atoms with Gasteiger partial charge in [0.15, 0.2) is 5.65 Å². The van der Waals surface area contributed by atoms with E-state index in [1.165, 1.54) is 29.8 Å². The molecule has 0 unspecified atom stereocenters. The fourth-order valence-electron chi connectivity index (χ4n) is 5.17. The first-order chi connectivity index (χ1) is 18.1. The predicted octanol–water partition coefficient (Wildman–Crippen LogP) is 3.38. The number of fused-ring (bicyclic) bond motifs is 1. The van der Waals surface area contributed by atoms with Gasteiger partial charge in [-0.15, -0.1) is 0 Å². The van der Waals surface area contributed by atoms with E-state index < -0.39 is 40.3 Å². The molecule has 1 aliphatic heterocycles. The van der Waals surface area contributed by atoms with Crippen molar-refractivity contribution >= 4 is 44.2 Å². The molecule has 2 aliphatic carbocycles. The molecule has 3 aliphatic rings. The molecule has 1 atom stereocenters. The minimum absolute atomic E-state index is 0.197. The van der Waals surface area contributed by atoms with Crippen LogP contribution >= 0.6 is 0 Å². The number of piperidine rings is 1. The van der Waals surface area contributed by atoms with E-state index in [9.17, 15) is 22.0 Å². The number of nitrogens with one attached hydrogen (secondary N) is 2. The lowest BCUT2D eigenvalue weighted by Gasteiger charge is -2.35. The highest BCUT2D eigenvalue weighted by Crippen LogP contribution is 2.54. The largest absolute Gasteiger partial charge is 0.395 e. The number of alkyl halides is 2. The zero-order valence-electron chi connectivity index (χ0n) is 20.5. The van der Waals surface area contributed by atoms with Gasteiger partial charge in [-0.05, 0) is 61.4 Å². The smallest absolute Gasteiger partial charge is 0.272 e. The molecule has 1 amide bonds. The van der Waals surface area contributed by atoms with Crippen LogP contribution < -0.4 is 14.9 Å². The number of rotatable bonds is 8. The Kier molecular flexibility index (Phi) is 5.83. The Labute approximate surface area is 218 Å². The molecular weight excluding hydrogens is 518 g/mol. The van der Waals surface area contributed by atoms with Gasteiger partial charge >= 0.3 is 0 Å². The second-order valence-corrected chi connectivity index (χ2v) is 12.3. The maximum Gasteiger partial charge on any atom is 0.272 e. The number of halogens is 2. The minimum Gasteiger partial charge on any atom is -0.395 e. The molecule has 10 nitrogen and oxygen atoms in total. The van der Waals surface area contributed by atoms with Crippen LogP contribution in [0.5, 0.6) is 0 Å². The van der Waals surface area contributed by atoms with Gasteiger partial charge in [-0.2, -0.15) is 5.10 Å². The van der Waals surface area contributed by atoms with Crippen LogP contribution in [0, 0.1) is 5.41 Å². The second kappa shape index (κ2) is 8.87. The monoisotopic (exact) mass is 546 g/mol. The third-order valence-electron chi connectivity index (χ3n) is 7.77. The van der Waals surface area contributed by atoms with Crippen LogP contribution in [0.15, 0.2) is 36.5 Å². The molecule has 202 valence electrons. The molecule has 1 saturated heterocycles. The van der Waals surface area contributed by atoms with Crippen molar-refractivity contribution < 1.29 is 27.1 Å². The van der Waals surface area contributed by atoms with E-state index >= 15 is 0 Å². The number of hydrogen-bond donors (Lipinski definition) is 3. The quantitative estimate of drug-likeness (QED) is 0.395. The number of nitrogens with zero attached hydrogens (tertiary/aromatic N) is 4. The summed E-state index contributed by atoms with van der Waals surface area (Å²) >= 11 is 0. The molecule has 2 saturated carbocycles. The van der Waals surface area contributed by atoms with Gasteiger partial charge in [0.1, 0.15) is 11.9 Å². The summed E-state index contributed by atoms with van der Waals surface area (Å²) in [7, 11) is -3.74. The minimum atomic E-state index is -3.74. The zero-order chi connectivity index (χ0) is 26.7. The van der Waals surface area contributed by atoms with Crippen molar-refractivity contribution in [2.24, 2.45) is 5.41 Å². The van der Waals surface area contributed by atoms with Gasteiger partial charge in [0, 0.05) is 24.9 Å². The number of aromatic nitrogens is 3. The number of sulfonamides is 1. The first-order valence-electron chi connectivity index (χ1n) is 12.6. The van der Waals surface area contributed by atoms with Crippen molar-refractivity contribution in [2.75, 3.05) is 40.4 Å². The maximum atomic E-state index is 13.7. The molecule has 3 fully saturated rings. The molecule has 0 bridgehead atoms. The lowest BCUT2D eigenvalue weighted by atomic mass is 9.93. The summed E-state index contributed by atoms with van der Waals surface area (Å²) in [5.74, 6) is -3.51. The molecule has 13 heteroatoms. The number of carbonyl (C=O) groups excluding carboxylic acids is 1. The van der Waals surface area contributed by atoms with Crippen molar-refractivity contribution in [1.29, 1.82) is 0 Å². The van der Waals surface area contributed by atoms with Gasteiger partial charge in [-0.25, -0.2) is 26.9 Å². The number of anilines is 3. The van der Waals surface area contributed by atoms with E-state index in [0.29, 0.717) is 27.7 Å². The highest BCUT2D eigenvalue weighted by Gasteiger charge is 2.59. The Balaban J connectivity index is 1.28. The van der Waals surface area contributed by atoms with Crippen molar-refractivity contribution in [3.8, 4) is 0 Å². The molecule has 3 N–H and O–H groups in total. The third kappa shape index (κ3) is 4.80. The summed E-state index contributed by atoms with van der Waals surface area (Å²) in [5, 5.41) is 16.5. The van der Waals surface area contributed by atoms with Crippen molar-refractivity contribution in [3.05, 3.63) is 42.1 Å². The van der Waals surface area contributed by atoms with Gasteiger partial charge in [-0.3, -0.25) is 9.52 Å². The summed E-state index contributed by atoms with van der Waals surface area (Å²) in [5.41, 5.74) is 1.90. The first kappa shape index (κ1) is 25.0. The number of amides is 1. The van der Waals surface area contributed by atoms with E-state index in [-0.39, 0.29) is 17.9 Å². The van der Waals surface area contributed by atoms with E-state index in [1.54, 1.807) is 24.3 Å². The fourth-order valence-corrected chi connectivity index (χ4v) is 5.99. The van der Waals surface area contributed by atoms with E-state index in [0.717, 1.165) is 25.9 Å². The van der Waals surface area contributed by atoms with Crippen molar-refractivity contribution in [3.63, 3.8) is 0 Å². The van der Waals surface area contributed by atoms with Crippen LogP contribution in [-0.4, -0.2) is 65.6 Å². The van der Waals surface area contributed by atoms with Crippen molar-refractivity contribution in [1.82, 2.24) is 14.8 Å². The molecule has 38 heavy (non-hydrogen) atoms. The number of benzene rings is 1. The number of hydrogen-bond acceptors (Lipinski definition) is 7. The molecule has 1 spiro atoms. The van der Waals surface area contributed by atoms with Gasteiger partial charge in [0.05, 0.1) is 35.5 Å². The van der Waals surface area contributed by atoms with Gasteiger partial charge < -0.3 is 15.3 Å². The summed E-state index contributed by atoms with van der Waals surface area (Å²) in [6, 6.07) is 6.90. The van der Waals surface area contributed by atoms with Gasteiger partial charge in [-0.1, -0.05) is 0 Å². The average molecular weight is 547 g/mol. The van der Waals surface area contributed by atoms with Gasteiger partial charge in [0.2, 0.25) is 10.0 Å². The highest BCUT2D eigenvalue weighted by atomic mass is 32.2. The molecule has 3 heterocycles. The Bertz CT molecular complexity index is 1510. The Morgan fingerprint density at radius 2 is 1.87 bits per heavy atom. The second-order valence-electron chi connectivity index (χ2n) is 10.5. The number of aliphatic hydroxyl groups excluding tert-OH is 1. The van der Waals surface area contributed by atoms with Crippen LogP contribution in [-0.2, 0) is 10.0 Å². The highest BCUT2D eigenvalue weighted by molar-refractivity contribution is 7.92. The van der Waals surface area contributed by atoms with Crippen LogP contribution in [0.4, 0.5) is 26.0 Å². The molecular formula is C25H28F2N6O4S. The van der Waals surface area contributed by atoms with Crippen LogP contribution in [0.3, 0.4) is 0 Å². The molecule has 1 aromatic carbocycles. The first-order valence-corrected chi connectivity index (χ1v) is 14.3. The topological polar surface area (TPSA) is 129 Å².